The molecule has 2 aromatic carbocycles. The summed E-state index contributed by atoms with van der Waals surface area (Å²) in [5.41, 5.74) is 5.04. The summed E-state index contributed by atoms with van der Waals surface area (Å²) in [4.78, 5) is 20.0. The zero-order valence-electron chi connectivity index (χ0n) is 26.8. The van der Waals surface area contributed by atoms with Crippen LogP contribution in [0.25, 0.3) is 11.1 Å². The smallest absolute Gasteiger partial charge is 0.337 e. The molecule has 236 valence electrons. The number of aliphatic carboxylic acids is 1. The second-order valence-corrected chi connectivity index (χ2v) is 13.8. The topological polar surface area (TPSA) is 81.1 Å². The molecule has 1 saturated heterocycles. The molecule has 1 aromatic heterocycles. The average Bonchev–Trinajstić information content (AvgIpc) is 2.96. The lowest BCUT2D eigenvalue weighted by Crippen LogP contribution is -2.45. The number of carbonyl (C=O) groups is 1. The highest BCUT2D eigenvalue weighted by molar-refractivity contribution is 6.30. The third kappa shape index (κ3) is 7.39. The molecule has 3 aromatic rings. The third-order valence-electron chi connectivity index (χ3n) is 8.65. The summed E-state index contributed by atoms with van der Waals surface area (Å²) in [7, 11) is 0. The molecule has 8 heteroatoms. The van der Waals surface area contributed by atoms with E-state index in [1.165, 1.54) is 0 Å². The van der Waals surface area contributed by atoms with E-state index >= 15 is 0 Å². The van der Waals surface area contributed by atoms with Crippen molar-refractivity contribution in [2.24, 2.45) is 0 Å². The van der Waals surface area contributed by atoms with Crippen LogP contribution in [0, 0.1) is 13.8 Å². The Morgan fingerprint density at radius 2 is 1.70 bits per heavy atom. The third-order valence-corrected chi connectivity index (χ3v) is 8.90. The minimum Gasteiger partial charge on any atom is -0.486 e. The maximum absolute atomic E-state index is 12.8. The Hall–Kier alpha value is -3.13. The quantitative estimate of drug-likeness (QED) is 0.313. The maximum atomic E-state index is 12.8. The van der Waals surface area contributed by atoms with E-state index in [-0.39, 0.29) is 11.7 Å². The lowest BCUT2D eigenvalue weighted by Gasteiger charge is -2.42. The van der Waals surface area contributed by atoms with E-state index in [4.69, 9.17) is 30.8 Å². The largest absolute Gasteiger partial charge is 0.486 e. The number of aryl methyl sites for hydroxylation is 2. The van der Waals surface area contributed by atoms with E-state index in [2.05, 4.69) is 24.0 Å². The fraction of sp³-hybridized carbons (Fsp3) is 0.500. The Kier molecular flexibility index (Phi) is 9.59. The number of rotatable bonds is 4. The SMILES string of the molecule is Cc1nc(C)c(C(OC(C)(C)C)C(=O)O)c2c1-c1ccc(cc1)OC(c1ccc(Cl)cc1)CCCCOC1(C)CCN2CC1. The zero-order valence-corrected chi connectivity index (χ0v) is 27.5. The van der Waals surface area contributed by atoms with Crippen molar-refractivity contribution in [3.8, 4) is 16.9 Å². The number of ether oxygens (including phenoxy) is 3. The van der Waals surface area contributed by atoms with Crippen molar-refractivity contribution in [3.05, 3.63) is 76.1 Å². The van der Waals surface area contributed by atoms with Gasteiger partial charge in [-0.25, -0.2) is 4.79 Å². The number of anilines is 1. The molecule has 7 nitrogen and oxygen atoms in total. The molecule has 1 fully saturated rings. The summed E-state index contributed by atoms with van der Waals surface area (Å²) in [5.74, 6) is -0.261. The zero-order chi connectivity index (χ0) is 31.6. The second kappa shape index (κ2) is 13.1. The van der Waals surface area contributed by atoms with Crippen molar-refractivity contribution in [2.45, 2.75) is 97.1 Å². The van der Waals surface area contributed by atoms with Crippen LogP contribution in [0.2, 0.25) is 5.02 Å². The Balaban J connectivity index is 1.64. The van der Waals surface area contributed by atoms with Gasteiger partial charge in [-0.2, -0.15) is 0 Å². The highest BCUT2D eigenvalue weighted by atomic mass is 35.5. The number of piperidine rings is 1. The number of carboxylic acids is 1. The Bertz CT molecular complexity index is 1460. The Morgan fingerprint density at radius 1 is 1.05 bits per heavy atom. The summed E-state index contributed by atoms with van der Waals surface area (Å²) in [5, 5.41) is 11.2. The fourth-order valence-electron chi connectivity index (χ4n) is 6.35. The van der Waals surface area contributed by atoms with Crippen molar-refractivity contribution < 1.29 is 24.1 Å². The van der Waals surface area contributed by atoms with Gasteiger partial charge in [-0.3, -0.25) is 4.98 Å². The van der Waals surface area contributed by atoms with Crippen LogP contribution < -0.4 is 9.64 Å². The van der Waals surface area contributed by atoms with Gasteiger partial charge in [0, 0.05) is 47.2 Å². The van der Waals surface area contributed by atoms with Crippen molar-refractivity contribution in [1.29, 1.82) is 0 Å². The van der Waals surface area contributed by atoms with E-state index in [0.717, 1.165) is 79.0 Å². The number of aromatic nitrogens is 1. The molecule has 2 atom stereocenters. The molecule has 0 saturated carbocycles. The van der Waals surface area contributed by atoms with E-state index in [1.807, 2.05) is 71.0 Å². The van der Waals surface area contributed by atoms with Gasteiger partial charge in [-0.15, -0.1) is 0 Å². The molecule has 0 aliphatic carbocycles. The molecule has 44 heavy (non-hydrogen) atoms. The van der Waals surface area contributed by atoms with Gasteiger partial charge < -0.3 is 24.2 Å². The van der Waals surface area contributed by atoms with Crippen LogP contribution in [0.15, 0.2) is 48.5 Å². The van der Waals surface area contributed by atoms with Gasteiger partial charge in [0.2, 0.25) is 0 Å². The van der Waals surface area contributed by atoms with Crippen LogP contribution in [-0.2, 0) is 14.3 Å². The first-order valence-electron chi connectivity index (χ1n) is 15.7. The summed E-state index contributed by atoms with van der Waals surface area (Å²) < 4.78 is 19.3. The molecule has 1 N–H and O–H groups in total. The molecule has 4 aliphatic heterocycles. The molecular weight excluding hydrogens is 576 g/mol. The predicted octanol–water partition coefficient (Wildman–Crippen LogP) is 8.64. The number of hydrogen-bond donors (Lipinski definition) is 1. The molecular formula is C36H45ClN2O5. The van der Waals surface area contributed by atoms with Crippen molar-refractivity contribution >= 4 is 23.3 Å². The summed E-state index contributed by atoms with van der Waals surface area (Å²) in [6.45, 7) is 13.9. The first-order valence-corrected chi connectivity index (χ1v) is 16.0. The number of halogens is 1. The van der Waals surface area contributed by atoms with Crippen molar-refractivity contribution in [3.63, 3.8) is 0 Å². The van der Waals surface area contributed by atoms with Crippen LogP contribution in [0.5, 0.6) is 5.75 Å². The number of fused-ring (bicyclic) bond motifs is 2. The second-order valence-electron chi connectivity index (χ2n) is 13.3. The number of hydrogen-bond acceptors (Lipinski definition) is 6. The lowest BCUT2D eigenvalue weighted by molar-refractivity contribution is -0.160. The highest BCUT2D eigenvalue weighted by Gasteiger charge is 2.38. The molecule has 0 spiro atoms. The summed E-state index contributed by atoms with van der Waals surface area (Å²) in [6.07, 6.45) is 3.14. The summed E-state index contributed by atoms with van der Waals surface area (Å²) >= 11 is 6.18. The number of benzene rings is 2. The van der Waals surface area contributed by atoms with Gasteiger partial charge in [0.1, 0.15) is 11.9 Å². The highest BCUT2D eigenvalue weighted by Crippen LogP contribution is 2.45. The van der Waals surface area contributed by atoms with Gasteiger partial charge in [0.25, 0.3) is 0 Å². The number of carboxylic acid groups (broad SMARTS) is 1. The molecule has 4 aliphatic rings. The van der Waals surface area contributed by atoms with Crippen molar-refractivity contribution in [1.82, 2.24) is 4.98 Å². The molecule has 7 rings (SSSR count). The Labute approximate surface area is 266 Å². The van der Waals surface area contributed by atoms with E-state index in [0.29, 0.717) is 22.9 Å². The van der Waals surface area contributed by atoms with Crippen LogP contribution in [0.4, 0.5) is 5.69 Å². The van der Waals surface area contributed by atoms with Crippen LogP contribution >= 0.6 is 11.6 Å². The molecule has 2 unspecified atom stereocenters. The predicted molar refractivity (Wildman–Crippen MR) is 175 cm³/mol. The van der Waals surface area contributed by atoms with Crippen LogP contribution in [0.3, 0.4) is 0 Å². The number of nitrogens with zero attached hydrogens (tertiary/aromatic N) is 2. The van der Waals surface area contributed by atoms with Crippen molar-refractivity contribution in [2.75, 3.05) is 24.6 Å². The van der Waals surface area contributed by atoms with Gasteiger partial charge >= 0.3 is 5.97 Å². The van der Waals surface area contributed by atoms with Gasteiger partial charge in [0.05, 0.1) is 16.9 Å². The molecule has 0 radical (unpaired) electrons. The molecule has 4 bridgehead atoms. The summed E-state index contributed by atoms with van der Waals surface area (Å²) in [6, 6.07) is 16.0. The van der Waals surface area contributed by atoms with E-state index < -0.39 is 17.7 Å². The standard InChI is InChI=1S/C36H45ClN2O5/c1-23-30-26-12-16-28(17-13-26)43-29(25-10-14-27(37)15-11-25)9-7-8-22-42-36(6)18-20-39(21-19-36)32(30)31(24(2)38-23)33(34(40)41)44-35(3,4)5/h10-17,29,33H,7-9,18-22H2,1-6H3,(H,40,41). The van der Waals surface area contributed by atoms with Crippen LogP contribution in [0.1, 0.15) is 94.5 Å². The Morgan fingerprint density at radius 3 is 2.32 bits per heavy atom. The first kappa shape index (κ1) is 32.3. The average molecular weight is 621 g/mol. The lowest BCUT2D eigenvalue weighted by atomic mass is 9.89. The van der Waals surface area contributed by atoms with E-state index in [9.17, 15) is 9.90 Å². The minimum atomic E-state index is -1.17. The normalized spacial score (nSPS) is 21.8. The minimum absolute atomic E-state index is 0.123. The maximum Gasteiger partial charge on any atom is 0.337 e. The first-order chi connectivity index (χ1) is 20.8. The monoisotopic (exact) mass is 620 g/mol. The van der Waals surface area contributed by atoms with Crippen LogP contribution in [-0.4, -0.2) is 47.0 Å². The molecule has 5 heterocycles. The fourth-order valence-corrected chi connectivity index (χ4v) is 6.48. The van der Waals surface area contributed by atoms with Gasteiger partial charge in [0.15, 0.2) is 6.10 Å². The molecule has 0 amide bonds. The number of pyridine rings is 1. The van der Waals surface area contributed by atoms with Gasteiger partial charge in [-0.1, -0.05) is 35.9 Å². The van der Waals surface area contributed by atoms with Gasteiger partial charge in [-0.05, 0) is 109 Å². The van der Waals surface area contributed by atoms with E-state index in [1.54, 1.807) is 0 Å².